The standard InChI is InChI=1S/C21H27N5O3S/c1-30(27,28)25-14-16-2-4-17(5-3-16)18-15-24-21-20(18)19(6-7-23-21)29-13-12-26-10-8-22-9-11-26/h2-7,15,22,25H,8-14H2,1H3,(H,23,24). The summed E-state index contributed by atoms with van der Waals surface area (Å²) in [5, 5.41) is 4.32. The van der Waals surface area contributed by atoms with Gasteiger partial charge in [-0.25, -0.2) is 18.1 Å². The summed E-state index contributed by atoms with van der Waals surface area (Å²) in [6.45, 7) is 5.94. The van der Waals surface area contributed by atoms with Crippen molar-refractivity contribution in [2.24, 2.45) is 0 Å². The number of nitrogens with one attached hydrogen (secondary N) is 3. The van der Waals surface area contributed by atoms with Gasteiger partial charge in [-0.1, -0.05) is 24.3 Å². The van der Waals surface area contributed by atoms with Crippen LogP contribution in [0.25, 0.3) is 22.2 Å². The summed E-state index contributed by atoms with van der Waals surface area (Å²) in [4.78, 5) is 10.1. The van der Waals surface area contributed by atoms with Crippen LogP contribution in [0, 0.1) is 0 Å². The number of nitrogens with zero attached hydrogens (tertiary/aromatic N) is 2. The Labute approximate surface area is 176 Å². The van der Waals surface area contributed by atoms with Crippen molar-refractivity contribution in [2.75, 3.05) is 45.6 Å². The zero-order valence-corrected chi connectivity index (χ0v) is 17.8. The first-order chi connectivity index (χ1) is 14.5. The molecule has 1 aliphatic heterocycles. The lowest BCUT2D eigenvalue weighted by atomic mass is 10.0. The van der Waals surface area contributed by atoms with E-state index >= 15 is 0 Å². The van der Waals surface area contributed by atoms with Gasteiger partial charge in [0.25, 0.3) is 0 Å². The van der Waals surface area contributed by atoms with Crippen molar-refractivity contribution in [3.8, 4) is 16.9 Å². The van der Waals surface area contributed by atoms with Crippen LogP contribution < -0.4 is 14.8 Å². The smallest absolute Gasteiger partial charge is 0.209 e. The molecule has 1 fully saturated rings. The Balaban J connectivity index is 1.50. The van der Waals surface area contributed by atoms with E-state index in [2.05, 4.69) is 24.9 Å². The molecule has 9 heteroatoms. The third kappa shape index (κ3) is 5.17. The monoisotopic (exact) mass is 429 g/mol. The molecule has 0 atom stereocenters. The number of benzene rings is 1. The number of hydrogen-bond donors (Lipinski definition) is 3. The molecule has 0 unspecified atom stereocenters. The van der Waals surface area contributed by atoms with Crippen LogP contribution in [0.5, 0.6) is 5.75 Å². The van der Waals surface area contributed by atoms with Gasteiger partial charge in [0.2, 0.25) is 10.0 Å². The molecule has 160 valence electrons. The zero-order valence-electron chi connectivity index (χ0n) is 17.0. The van der Waals surface area contributed by atoms with Crippen molar-refractivity contribution in [1.82, 2.24) is 24.9 Å². The molecule has 1 saturated heterocycles. The Morgan fingerprint density at radius 2 is 1.93 bits per heavy atom. The van der Waals surface area contributed by atoms with E-state index in [4.69, 9.17) is 4.74 Å². The predicted molar refractivity (Wildman–Crippen MR) is 118 cm³/mol. The van der Waals surface area contributed by atoms with Gasteiger partial charge >= 0.3 is 0 Å². The number of ether oxygens (including phenoxy) is 1. The third-order valence-corrected chi connectivity index (χ3v) is 5.88. The van der Waals surface area contributed by atoms with Crippen molar-refractivity contribution < 1.29 is 13.2 Å². The van der Waals surface area contributed by atoms with Crippen LogP contribution in [0.4, 0.5) is 0 Å². The molecule has 1 aromatic carbocycles. The van der Waals surface area contributed by atoms with Crippen molar-refractivity contribution in [3.63, 3.8) is 0 Å². The van der Waals surface area contributed by atoms with Crippen LogP contribution in [0.3, 0.4) is 0 Å². The third-order valence-electron chi connectivity index (χ3n) is 5.21. The van der Waals surface area contributed by atoms with Crippen molar-refractivity contribution in [3.05, 3.63) is 48.3 Å². The molecule has 3 heterocycles. The van der Waals surface area contributed by atoms with Crippen LogP contribution in [0.2, 0.25) is 0 Å². The van der Waals surface area contributed by atoms with Crippen LogP contribution in [0.15, 0.2) is 42.7 Å². The van der Waals surface area contributed by atoms with Crippen LogP contribution >= 0.6 is 0 Å². The van der Waals surface area contributed by atoms with Crippen LogP contribution in [0.1, 0.15) is 5.56 Å². The fourth-order valence-electron chi connectivity index (χ4n) is 3.61. The number of aromatic amines is 1. The molecule has 3 aromatic rings. The van der Waals surface area contributed by atoms with Gasteiger partial charge < -0.3 is 15.0 Å². The lowest BCUT2D eigenvalue weighted by molar-refractivity contribution is 0.192. The van der Waals surface area contributed by atoms with Gasteiger partial charge in [-0.3, -0.25) is 4.90 Å². The average Bonchev–Trinajstić information content (AvgIpc) is 3.18. The molecule has 30 heavy (non-hydrogen) atoms. The lowest BCUT2D eigenvalue weighted by Crippen LogP contribution is -2.44. The van der Waals surface area contributed by atoms with Gasteiger partial charge in [0, 0.05) is 57.2 Å². The van der Waals surface area contributed by atoms with E-state index in [0.29, 0.717) is 6.61 Å². The Kier molecular flexibility index (Phi) is 6.33. The molecule has 0 spiro atoms. The Morgan fingerprint density at radius 1 is 1.17 bits per heavy atom. The summed E-state index contributed by atoms with van der Waals surface area (Å²) in [6.07, 6.45) is 4.84. The number of aromatic nitrogens is 2. The number of H-pyrrole nitrogens is 1. The first kappa shape index (κ1) is 20.8. The minimum atomic E-state index is -3.21. The van der Waals surface area contributed by atoms with Crippen molar-refractivity contribution in [2.45, 2.75) is 6.54 Å². The highest BCUT2D eigenvalue weighted by atomic mass is 32.2. The summed E-state index contributed by atoms with van der Waals surface area (Å²) >= 11 is 0. The SMILES string of the molecule is CS(=O)(=O)NCc1ccc(-c2c[nH]c3nccc(OCCN4CCNCC4)c23)cc1. The molecule has 2 aromatic heterocycles. The molecular formula is C21H27N5O3S. The normalized spacial score (nSPS) is 15.5. The Morgan fingerprint density at radius 3 is 2.67 bits per heavy atom. The molecule has 0 bridgehead atoms. The van der Waals surface area contributed by atoms with E-state index in [1.54, 1.807) is 6.20 Å². The molecule has 0 amide bonds. The van der Waals surface area contributed by atoms with Crippen LogP contribution in [-0.4, -0.2) is 68.9 Å². The van der Waals surface area contributed by atoms with E-state index in [-0.39, 0.29) is 6.54 Å². The van der Waals surface area contributed by atoms with Gasteiger partial charge in [0.1, 0.15) is 18.0 Å². The average molecular weight is 430 g/mol. The largest absolute Gasteiger partial charge is 0.491 e. The zero-order chi connectivity index (χ0) is 21.0. The molecule has 0 aliphatic carbocycles. The maximum atomic E-state index is 11.3. The Bertz CT molecular complexity index is 1090. The number of pyridine rings is 1. The quantitative estimate of drug-likeness (QED) is 0.503. The lowest BCUT2D eigenvalue weighted by Gasteiger charge is -2.27. The molecular weight excluding hydrogens is 402 g/mol. The first-order valence-corrected chi connectivity index (χ1v) is 11.9. The maximum Gasteiger partial charge on any atom is 0.209 e. The summed E-state index contributed by atoms with van der Waals surface area (Å²) in [5.41, 5.74) is 3.71. The minimum absolute atomic E-state index is 0.273. The van der Waals surface area contributed by atoms with E-state index in [1.165, 1.54) is 0 Å². The topological polar surface area (TPSA) is 99.3 Å². The first-order valence-electron chi connectivity index (χ1n) is 10.1. The van der Waals surface area contributed by atoms with Crippen molar-refractivity contribution in [1.29, 1.82) is 0 Å². The molecule has 1 aliphatic rings. The molecule has 0 radical (unpaired) electrons. The van der Waals surface area contributed by atoms with Gasteiger partial charge in [0.05, 0.1) is 11.6 Å². The van der Waals surface area contributed by atoms with Gasteiger partial charge in [0.15, 0.2) is 0 Å². The summed E-state index contributed by atoms with van der Waals surface area (Å²) in [5.74, 6) is 0.814. The number of piperazine rings is 1. The fraction of sp³-hybridized carbons (Fsp3) is 0.381. The van der Waals surface area contributed by atoms with E-state index in [9.17, 15) is 8.42 Å². The molecule has 3 N–H and O–H groups in total. The second-order valence-electron chi connectivity index (χ2n) is 7.47. The van der Waals surface area contributed by atoms with Gasteiger partial charge in [-0.2, -0.15) is 0 Å². The molecule has 4 rings (SSSR count). The molecule has 0 saturated carbocycles. The number of fused-ring (bicyclic) bond motifs is 1. The number of hydrogen-bond acceptors (Lipinski definition) is 6. The highest BCUT2D eigenvalue weighted by Gasteiger charge is 2.14. The fourth-order valence-corrected chi connectivity index (χ4v) is 4.04. The summed E-state index contributed by atoms with van der Waals surface area (Å²) < 4.78 is 31.2. The summed E-state index contributed by atoms with van der Waals surface area (Å²) in [6, 6.07) is 9.72. The number of sulfonamides is 1. The highest BCUT2D eigenvalue weighted by molar-refractivity contribution is 7.88. The summed E-state index contributed by atoms with van der Waals surface area (Å²) in [7, 11) is -3.21. The van der Waals surface area contributed by atoms with Gasteiger partial charge in [-0.05, 0) is 17.2 Å². The van der Waals surface area contributed by atoms with E-state index in [0.717, 1.165) is 72.5 Å². The maximum absolute atomic E-state index is 11.3. The van der Waals surface area contributed by atoms with E-state index in [1.807, 2.05) is 36.5 Å². The Hall–Kier alpha value is -2.46. The second kappa shape index (κ2) is 9.13. The second-order valence-corrected chi connectivity index (χ2v) is 9.30. The molecule has 8 nitrogen and oxygen atoms in total. The highest BCUT2D eigenvalue weighted by Crippen LogP contribution is 2.34. The van der Waals surface area contributed by atoms with Crippen molar-refractivity contribution >= 4 is 21.1 Å². The van der Waals surface area contributed by atoms with E-state index < -0.39 is 10.0 Å². The van der Waals surface area contributed by atoms with Crippen LogP contribution in [-0.2, 0) is 16.6 Å². The number of rotatable bonds is 8. The van der Waals surface area contributed by atoms with Gasteiger partial charge in [-0.15, -0.1) is 0 Å². The minimum Gasteiger partial charge on any atom is -0.491 e. The predicted octanol–water partition coefficient (Wildman–Crippen LogP) is 1.56.